The molecule has 0 aliphatic heterocycles. The van der Waals surface area contributed by atoms with Crippen molar-refractivity contribution in [3.8, 4) is 0 Å². The van der Waals surface area contributed by atoms with E-state index in [0.717, 1.165) is 6.07 Å². The molecule has 1 rings (SSSR count). The average Bonchev–Trinajstić information content (AvgIpc) is 2.08. The third kappa shape index (κ3) is 2.40. The Bertz CT molecular complexity index is 302. The minimum atomic E-state index is -1.15. The van der Waals surface area contributed by atoms with Crippen LogP contribution in [0.1, 0.15) is 18.6 Å². The van der Waals surface area contributed by atoms with Crippen LogP contribution in [0.15, 0.2) is 18.2 Å². The standard InChI is InChI=1S/C9H10ClFO2/c1-5(12)9(13)7-4-6(11)2-3-8(7)10/h2-5,9,12-13H,1H3. The lowest BCUT2D eigenvalue weighted by molar-refractivity contribution is 0.0304. The summed E-state index contributed by atoms with van der Waals surface area (Å²) >= 11 is 5.70. The lowest BCUT2D eigenvalue weighted by Crippen LogP contribution is -2.14. The van der Waals surface area contributed by atoms with E-state index < -0.39 is 18.0 Å². The van der Waals surface area contributed by atoms with Crippen molar-refractivity contribution in [1.82, 2.24) is 0 Å². The second-order valence-electron chi connectivity index (χ2n) is 2.85. The number of aliphatic hydroxyl groups excluding tert-OH is 2. The molecule has 0 saturated carbocycles. The van der Waals surface area contributed by atoms with E-state index in [1.807, 2.05) is 0 Å². The van der Waals surface area contributed by atoms with Gasteiger partial charge in [-0.05, 0) is 25.1 Å². The van der Waals surface area contributed by atoms with Gasteiger partial charge in [0.25, 0.3) is 0 Å². The molecule has 13 heavy (non-hydrogen) atoms. The number of hydrogen-bond acceptors (Lipinski definition) is 2. The lowest BCUT2D eigenvalue weighted by atomic mass is 10.1. The highest BCUT2D eigenvalue weighted by atomic mass is 35.5. The quantitative estimate of drug-likeness (QED) is 0.773. The van der Waals surface area contributed by atoms with Crippen molar-refractivity contribution >= 4 is 11.6 Å². The number of halogens is 2. The van der Waals surface area contributed by atoms with Crippen LogP contribution in [0.5, 0.6) is 0 Å². The van der Waals surface area contributed by atoms with Gasteiger partial charge in [0.1, 0.15) is 11.9 Å². The number of aliphatic hydroxyl groups is 2. The van der Waals surface area contributed by atoms with E-state index in [9.17, 15) is 9.50 Å². The van der Waals surface area contributed by atoms with Crippen molar-refractivity contribution in [3.05, 3.63) is 34.6 Å². The summed E-state index contributed by atoms with van der Waals surface area (Å²) in [5.41, 5.74) is 0.205. The third-order valence-electron chi connectivity index (χ3n) is 1.73. The van der Waals surface area contributed by atoms with Gasteiger partial charge in [-0.2, -0.15) is 0 Å². The lowest BCUT2D eigenvalue weighted by Gasteiger charge is -2.15. The monoisotopic (exact) mass is 204 g/mol. The van der Waals surface area contributed by atoms with Gasteiger partial charge in [0.15, 0.2) is 0 Å². The molecule has 0 radical (unpaired) electrons. The second kappa shape index (κ2) is 4.05. The van der Waals surface area contributed by atoms with Crippen molar-refractivity contribution in [2.45, 2.75) is 19.1 Å². The molecular formula is C9H10ClFO2. The number of hydrogen-bond donors (Lipinski definition) is 2. The smallest absolute Gasteiger partial charge is 0.123 e. The third-order valence-corrected chi connectivity index (χ3v) is 2.08. The zero-order valence-corrected chi connectivity index (χ0v) is 7.79. The van der Waals surface area contributed by atoms with Crippen LogP contribution < -0.4 is 0 Å². The van der Waals surface area contributed by atoms with Crippen LogP contribution in [0.25, 0.3) is 0 Å². The number of benzene rings is 1. The van der Waals surface area contributed by atoms with Crippen LogP contribution in [0.3, 0.4) is 0 Å². The molecule has 2 unspecified atom stereocenters. The average molecular weight is 205 g/mol. The molecule has 0 spiro atoms. The van der Waals surface area contributed by atoms with Gasteiger partial charge >= 0.3 is 0 Å². The van der Waals surface area contributed by atoms with Crippen LogP contribution in [-0.4, -0.2) is 16.3 Å². The van der Waals surface area contributed by atoms with Gasteiger partial charge in [-0.3, -0.25) is 0 Å². The van der Waals surface area contributed by atoms with E-state index in [2.05, 4.69) is 0 Å². The first-order chi connectivity index (χ1) is 6.02. The van der Waals surface area contributed by atoms with Crippen molar-refractivity contribution < 1.29 is 14.6 Å². The van der Waals surface area contributed by atoms with Gasteiger partial charge in [0.05, 0.1) is 6.10 Å². The SMILES string of the molecule is CC(O)C(O)c1cc(F)ccc1Cl. The first-order valence-electron chi connectivity index (χ1n) is 3.83. The maximum Gasteiger partial charge on any atom is 0.123 e. The molecule has 2 nitrogen and oxygen atoms in total. The molecule has 0 fully saturated rings. The fraction of sp³-hybridized carbons (Fsp3) is 0.333. The van der Waals surface area contributed by atoms with Crippen LogP contribution >= 0.6 is 11.6 Å². The summed E-state index contributed by atoms with van der Waals surface area (Å²) in [5, 5.41) is 18.7. The Labute approximate surface area is 80.6 Å². The Kier molecular flexibility index (Phi) is 3.25. The van der Waals surface area contributed by atoms with Gasteiger partial charge in [-0.25, -0.2) is 4.39 Å². The van der Waals surface area contributed by atoms with Crippen molar-refractivity contribution in [2.24, 2.45) is 0 Å². The van der Waals surface area contributed by atoms with Crippen molar-refractivity contribution in [2.75, 3.05) is 0 Å². The first kappa shape index (κ1) is 10.4. The molecule has 0 aliphatic carbocycles. The summed E-state index contributed by atoms with van der Waals surface area (Å²) < 4.78 is 12.7. The molecule has 0 aromatic heterocycles. The Morgan fingerprint density at radius 3 is 2.54 bits per heavy atom. The number of rotatable bonds is 2. The van der Waals surface area contributed by atoms with Crippen LogP contribution in [0.2, 0.25) is 5.02 Å². The predicted molar refractivity (Wildman–Crippen MR) is 48.1 cm³/mol. The maximum absolute atomic E-state index is 12.7. The summed E-state index contributed by atoms with van der Waals surface area (Å²) in [6.45, 7) is 1.41. The van der Waals surface area contributed by atoms with Crippen molar-refractivity contribution in [3.63, 3.8) is 0 Å². The zero-order valence-electron chi connectivity index (χ0n) is 7.04. The topological polar surface area (TPSA) is 40.5 Å². The normalized spacial score (nSPS) is 15.5. The Morgan fingerprint density at radius 2 is 2.00 bits per heavy atom. The van der Waals surface area contributed by atoms with E-state index in [1.54, 1.807) is 0 Å². The minimum absolute atomic E-state index is 0.205. The zero-order chi connectivity index (χ0) is 10.0. The molecule has 0 aliphatic rings. The fourth-order valence-corrected chi connectivity index (χ4v) is 1.23. The molecule has 4 heteroatoms. The van der Waals surface area contributed by atoms with E-state index in [0.29, 0.717) is 0 Å². The predicted octanol–water partition coefficient (Wildman–Crippen LogP) is 1.89. The maximum atomic E-state index is 12.7. The molecular weight excluding hydrogens is 195 g/mol. The summed E-state index contributed by atoms with van der Waals surface area (Å²) in [6.07, 6.45) is -2.12. The van der Waals surface area contributed by atoms with E-state index in [4.69, 9.17) is 16.7 Å². The highest BCUT2D eigenvalue weighted by molar-refractivity contribution is 6.31. The molecule has 2 atom stereocenters. The van der Waals surface area contributed by atoms with Gasteiger partial charge in [-0.15, -0.1) is 0 Å². The van der Waals surface area contributed by atoms with E-state index in [1.165, 1.54) is 19.1 Å². The van der Waals surface area contributed by atoms with Gasteiger partial charge in [0.2, 0.25) is 0 Å². The molecule has 0 bridgehead atoms. The molecule has 1 aromatic carbocycles. The molecule has 0 saturated heterocycles. The van der Waals surface area contributed by atoms with Crippen LogP contribution in [0.4, 0.5) is 4.39 Å². The first-order valence-corrected chi connectivity index (χ1v) is 4.21. The summed E-state index contributed by atoms with van der Waals surface area (Å²) in [5.74, 6) is -0.487. The second-order valence-corrected chi connectivity index (χ2v) is 3.26. The minimum Gasteiger partial charge on any atom is -0.390 e. The van der Waals surface area contributed by atoms with Crippen molar-refractivity contribution in [1.29, 1.82) is 0 Å². The summed E-state index contributed by atoms with van der Waals surface area (Å²) in [4.78, 5) is 0. The Morgan fingerprint density at radius 1 is 1.38 bits per heavy atom. The molecule has 0 amide bonds. The highest BCUT2D eigenvalue weighted by Gasteiger charge is 2.17. The van der Waals surface area contributed by atoms with E-state index >= 15 is 0 Å². The molecule has 2 N–H and O–H groups in total. The van der Waals surface area contributed by atoms with Crippen LogP contribution in [-0.2, 0) is 0 Å². The van der Waals surface area contributed by atoms with Gasteiger partial charge < -0.3 is 10.2 Å². The molecule has 72 valence electrons. The Hall–Kier alpha value is -0.640. The molecule has 1 aromatic rings. The highest BCUT2D eigenvalue weighted by Crippen LogP contribution is 2.25. The largest absolute Gasteiger partial charge is 0.390 e. The fourth-order valence-electron chi connectivity index (χ4n) is 1.00. The summed E-state index contributed by atoms with van der Waals surface area (Å²) in [7, 11) is 0. The Balaban J connectivity index is 3.05. The summed E-state index contributed by atoms with van der Waals surface area (Å²) in [6, 6.07) is 3.65. The molecule has 0 heterocycles. The van der Waals surface area contributed by atoms with Crippen LogP contribution in [0, 0.1) is 5.82 Å². The van der Waals surface area contributed by atoms with E-state index in [-0.39, 0.29) is 10.6 Å². The van der Waals surface area contributed by atoms with Gasteiger partial charge in [-0.1, -0.05) is 11.6 Å². The van der Waals surface area contributed by atoms with Gasteiger partial charge in [0, 0.05) is 10.6 Å².